The van der Waals surface area contributed by atoms with Crippen LogP contribution in [-0.2, 0) is 4.79 Å². The Morgan fingerprint density at radius 2 is 2.14 bits per heavy atom. The van der Waals surface area contributed by atoms with E-state index in [0.717, 1.165) is 25.7 Å². The van der Waals surface area contributed by atoms with Gasteiger partial charge in [0.25, 0.3) is 5.91 Å². The number of benzene rings is 1. The molecule has 0 aliphatic heterocycles. The highest BCUT2D eigenvalue weighted by Crippen LogP contribution is 2.22. The second-order valence-electron chi connectivity index (χ2n) is 5.56. The number of nitrogens with one attached hydrogen (secondary N) is 1. The zero-order chi connectivity index (χ0) is 15.2. The fraction of sp³-hybridized carbons (Fsp3) is 0.562. The number of halogens is 1. The van der Waals surface area contributed by atoms with Crippen molar-refractivity contribution < 1.29 is 19.0 Å². The number of aliphatic hydroxyl groups is 1. The van der Waals surface area contributed by atoms with Crippen molar-refractivity contribution in [2.45, 2.75) is 51.2 Å². The smallest absolute Gasteiger partial charge is 0.258 e. The van der Waals surface area contributed by atoms with Crippen LogP contribution in [0.3, 0.4) is 0 Å². The van der Waals surface area contributed by atoms with Gasteiger partial charge in [0.1, 0.15) is 0 Å². The minimum atomic E-state index is -0.733. The molecule has 0 saturated heterocycles. The number of ether oxygens (including phenoxy) is 1. The van der Waals surface area contributed by atoms with Crippen molar-refractivity contribution in [1.82, 2.24) is 5.32 Å². The Morgan fingerprint density at radius 3 is 2.76 bits per heavy atom. The first-order valence-electron chi connectivity index (χ1n) is 7.46. The standard InChI is InChI=1S/C16H22FNO3/c1-11(19)12-7-8-15(14(17)9-12)21-10-16(20)18-13-5-3-2-4-6-13/h7-9,11,13,19H,2-6,10H2,1H3,(H,18,20)/t11-/m1/s1. The summed E-state index contributed by atoms with van der Waals surface area (Å²) in [5.41, 5.74) is 0.478. The van der Waals surface area contributed by atoms with Gasteiger partial charge in [-0.1, -0.05) is 25.3 Å². The van der Waals surface area contributed by atoms with Crippen molar-refractivity contribution in [2.75, 3.05) is 6.61 Å². The fourth-order valence-electron chi connectivity index (χ4n) is 2.55. The van der Waals surface area contributed by atoms with E-state index in [2.05, 4.69) is 5.32 Å². The van der Waals surface area contributed by atoms with E-state index in [1.54, 1.807) is 13.0 Å². The molecule has 0 unspecified atom stereocenters. The van der Waals surface area contributed by atoms with E-state index in [1.165, 1.54) is 18.6 Å². The van der Waals surface area contributed by atoms with Gasteiger partial charge >= 0.3 is 0 Å². The molecule has 4 nitrogen and oxygen atoms in total. The van der Waals surface area contributed by atoms with Crippen LogP contribution >= 0.6 is 0 Å². The van der Waals surface area contributed by atoms with Crippen molar-refractivity contribution in [1.29, 1.82) is 0 Å². The summed E-state index contributed by atoms with van der Waals surface area (Å²) < 4.78 is 19.0. The van der Waals surface area contributed by atoms with Crippen LogP contribution in [0.2, 0.25) is 0 Å². The molecule has 0 radical (unpaired) electrons. The zero-order valence-corrected chi connectivity index (χ0v) is 12.3. The molecule has 1 aliphatic carbocycles. The monoisotopic (exact) mass is 295 g/mol. The van der Waals surface area contributed by atoms with E-state index >= 15 is 0 Å². The molecule has 1 fully saturated rings. The van der Waals surface area contributed by atoms with E-state index < -0.39 is 11.9 Å². The molecule has 0 bridgehead atoms. The highest BCUT2D eigenvalue weighted by atomic mass is 19.1. The largest absolute Gasteiger partial charge is 0.481 e. The third-order valence-electron chi connectivity index (χ3n) is 3.77. The Hall–Kier alpha value is -1.62. The van der Waals surface area contributed by atoms with E-state index in [-0.39, 0.29) is 24.3 Å². The molecule has 1 aliphatic rings. The average Bonchev–Trinajstić information content (AvgIpc) is 2.47. The summed E-state index contributed by atoms with van der Waals surface area (Å²) in [4.78, 5) is 11.8. The predicted molar refractivity (Wildman–Crippen MR) is 77.5 cm³/mol. The summed E-state index contributed by atoms with van der Waals surface area (Å²) in [6.07, 6.45) is 4.78. The van der Waals surface area contributed by atoms with Crippen LogP contribution in [0.5, 0.6) is 5.75 Å². The number of carbonyl (C=O) groups is 1. The second-order valence-corrected chi connectivity index (χ2v) is 5.56. The van der Waals surface area contributed by atoms with Crippen LogP contribution in [0.4, 0.5) is 4.39 Å². The Balaban J connectivity index is 1.83. The first-order chi connectivity index (χ1) is 10.1. The van der Waals surface area contributed by atoms with Gasteiger partial charge in [-0.25, -0.2) is 4.39 Å². The molecule has 2 N–H and O–H groups in total. The predicted octanol–water partition coefficient (Wildman–Crippen LogP) is 2.71. The van der Waals surface area contributed by atoms with Crippen molar-refractivity contribution >= 4 is 5.91 Å². The van der Waals surface area contributed by atoms with Crippen molar-refractivity contribution in [3.63, 3.8) is 0 Å². The fourth-order valence-corrected chi connectivity index (χ4v) is 2.55. The van der Waals surface area contributed by atoms with Crippen LogP contribution in [0.25, 0.3) is 0 Å². The first-order valence-corrected chi connectivity index (χ1v) is 7.46. The Labute approximate surface area is 124 Å². The van der Waals surface area contributed by atoms with Gasteiger partial charge < -0.3 is 15.2 Å². The Kier molecular flexibility index (Phi) is 5.56. The minimum absolute atomic E-state index is 0.0261. The minimum Gasteiger partial charge on any atom is -0.481 e. The quantitative estimate of drug-likeness (QED) is 0.878. The number of rotatable bonds is 5. The van der Waals surface area contributed by atoms with E-state index in [1.807, 2.05) is 0 Å². The third-order valence-corrected chi connectivity index (χ3v) is 3.77. The van der Waals surface area contributed by atoms with Crippen molar-refractivity contribution in [2.24, 2.45) is 0 Å². The van der Waals surface area contributed by atoms with Crippen LogP contribution in [0, 0.1) is 5.82 Å². The molecule has 21 heavy (non-hydrogen) atoms. The number of hydrogen-bond acceptors (Lipinski definition) is 3. The molecular formula is C16H22FNO3. The van der Waals surface area contributed by atoms with Gasteiger partial charge in [-0.15, -0.1) is 0 Å². The summed E-state index contributed by atoms with van der Waals surface area (Å²) >= 11 is 0. The molecule has 1 aromatic rings. The second kappa shape index (κ2) is 7.41. The molecule has 5 heteroatoms. The molecule has 0 spiro atoms. The molecule has 116 valence electrons. The van der Waals surface area contributed by atoms with Crippen LogP contribution in [0.1, 0.15) is 50.7 Å². The maximum Gasteiger partial charge on any atom is 0.258 e. The summed E-state index contributed by atoms with van der Waals surface area (Å²) in [6.45, 7) is 1.37. The van der Waals surface area contributed by atoms with Crippen LogP contribution < -0.4 is 10.1 Å². The summed E-state index contributed by atoms with van der Waals surface area (Å²) in [7, 11) is 0. The molecule has 0 aromatic heterocycles. The van der Waals surface area contributed by atoms with Gasteiger partial charge in [0.2, 0.25) is 0 Å². The Bertz CT molecular complexity index is 484. The van der Waals surface area contributed by atoms with Crippen molar-refractivity contribution in [3.8, 4) is 5.75 Å². The molecular weight excluding hydrogens is 273 g/mol. The molecule has 1 aromatic carbocycles. The van der Waals surface area contributed by atoms with Gasteiger partial charge in [0, 0.05) is 6.04 Å². The lowest BCUT2D eigenvalue weighted by atomic mass is 9.95. The van der Waals surface area contributed by atoms with Gasteiger partial charge in [-0.3, -0.25) is 4.79 Å². The normalized spacial score (nSPS) is 17.3. The summed E-state index contributed by atoms with van der Waals surface area (Å²) in [5.74, 6) is -0.766. The van der Waals surface area contributed by atoms with Crippen LogP contribution in [-0.4, -0.2) is 23.7 Å². The van der Waals surface area contributed by atoms with Gasteiger partial charge in [0.05, 0.1) is 6.10 Å². The van der Waals surface area contributed by atoms with E-state index in [4.69, 9.17) is 4.74 Å². The van der Waals surface area contributed by atoms with Gasteiger partial charge in [-0.05, 0) is 37.5 Å². The Morgan fingerprint density at radius 1 is 1.43 bits per heavy atom. The zero-order valence-electron chi connectivity index (χ0n) is 12.3. The molecule has 2 rings (SSSR count). The highest BCUT2D eigenvalue weighted by molar-refractivity contribution is 5.77. The first kappa shape index (κ1) is 15.8. The van der Waals surface area contributed by atoms with Gasteiger partial charge in [0.15, 0.2) is 18.2 Å². The lowest BCUT2D eigenvalue weighted by Gasteiger charge is -2.22. The van der Waals surface area contributed by atoms with Crippen molar-refractivity contribution in [3.05, 3.63) is 29.6 Å². The number of aliphatic hydroxyl groups excluding tert-OH is 1. The summed E-state index contributed by atoms with van der Waals surface area (Å²) in [6, 6.07) is 4.46. The number of hydrogen-bond donors (Lipinski definition) is 2. The summed E-state index contributed by atoms with van der Waals surface area (Å²) in [5, 5.41) is 12.3. The SMILES string of the molecule is C[C@@H](O)c1ccc(OCC(=O)NC2CCCCC2)c(F)c1. The van der Waals surface area contributed by atoms with Crippen LogP contribution in [0.15, 0.2) is 18.2 Å². The number of carbonyl (C=O) groups excluding carboxylic acids is 1. The highest BCUT2D eigenvalue weighted by Gasteiger charge is 2.16. The number of amides is 1. The molecule has 1 amide bonds. The lowest BCUT2D eigenvalue weighted by Crippen LogP contribution is -2.39. The third kappa shape index (κ3) is 4.70. The van der Waals surface area contributed by atoms with E-state index in [9.17, 15) is 14.3 Å². The maximum atomic E-state index is 13.8. The molecule has 1 atom stereocenters. The topological polar surface area (TPSA) is 58.6 Å². The van der Waals surface area contributed by atoms with Gasteiger partial charge in [-0.2, -0.15) is 0 Å². The average molecular weight is 295 g/mol. The molecule has 1 saturated carbocycles. The van der Waals surface area contributed by atoms with E-state index in [0.29, 0.717) is 5.56 Å². The molecule has 0 heterocycles. The maximum absolute atomic E-state index is 13.8. The lowest BCUT2D eigenvalue weighted by molar-refractivity contribution is -0.124.